The molecule has 12 aromatic carbocycles. The Bertz CT molecular complexity index is 5410. The summed E-state index contributed by atoms with van der Waals surface area (Å²) in [6.07, 6.45) is -1.02. The summed E-state index contributed by atoms with van der Waals surface area (Å²) in [6, 6.07) is 66.4. The van der Waals surface area contributed by atoms with E-state index in [9.17, 15) is 86.3 Å². The second kappa shape index (κ2) is 34.6. The fraction of sp³-hybridized carbons (Fsp3) is 0.0769. The second-order valence-corrected chi connectivity index (χ2v) is 34.9. The Morgan fingerprint density at radius 2 is 0.321 bits per heavy atom. The van der Waals surface area contributed by atoms with E-state index >= 15 is 0 Å². The van der Waals surface area contributed by atoms with Crippen LogP contribution in [0.3, 0.4) is 0 Å². The van der Waals surface area contributed by atoms with E-state index in [4.69, 9.17) is 28.4 Å². The van der Waals surface area contributed by atoms with Crippen LogP contribution < -0.4 is 28.4 Å². The third-order valence-corrected chi connectivity index (χ3v) is 26.4. The van der Waals surface area contributed by atoms with Crippen LogP contribution >= 0.6 is 0 Å². The summed E-state index contributed by atoms with van der Waals surface area (Å²) in [7, 11) is -22.4. The zero-order chi connectivity index (χ0) is 78.2. The van der Waals surface area contributed by atoms with E-state index in [-0.39, 0.29) is 126 Å². The van der Waals surface area contributed by atoms with E-state index in [1.54, 1.807) is 0 Å². The van der Waals surface area contributed by atoms with Gasteiger partial charge in [0, 0.05) is 0 Å². The smallest absolute Gasteiger partial charge is 0.230 e. The summed E-state index contributed by atoms with van der Waals surface area (Å²) in [5, 5.41) is 66.3. The maximum Gasteiger partial charge on any atom is 0.230 e. The van der Waals surface area contributed by atoms with Crippen LogP contribution in [0.5, 0.6) is 69.0 Å². The molecular weight excluding hydrogens is 1530 g/mol. The molecule has 0 aliphatic heterocycles. The van der Waals surface area contributed by atoms with Crippen molar-refractivity contribution in [2.75, 3.05) is 33.2 Å². The average molecular weight is 1600 g/mol. The molecule has 0 spiro atoms. The summed E-state index contributed by atoms with van der Waals surface area (Å²) < 4.78 is 185. The van der Waals surface area contributed by atoms with Crippen molar-refractivity contribution in [2.45, 2.75) is 64.8 Å². The Morgan fingerprint density at radius 1 is 0.193 bits per heavy atom. The number of phenols is 6. The van der Waals surface area contributed by atoms with Crippen molar-refractivity contribution in [3.05, 3.63) is 291 Å². The monoisotopic (exact) mass is 1590 g/mol. The van der Waals surface area contributed by atoms with Crippen LogP contribution in [-0.2, 0) is 59.0 Å². The van der Waals surface area contributed by atoms with Gasteiger partial charge in [-0.05, 0) is 291 Å². The molecule has 0 saturated carbocycles. The fourth-order valence-electron chi connectivity index (χ4n) is 9.78. The highest BCUT2D eigenvalue weighted by atomic mass is 32.2. The molecule has 109 heavy (non-hydrogen) atoms. The molecule has 0 radical (unpaired) electrons. The second-order valence-electron chi connectivity index (χ2n) is 23.2. The van der Waals surface area contributed by atoms with Gasteiger partial charge < -0.3 is 64.2 Å². The molecule has 0 heterocycles. The number of ether oxygens (including phenoxy) is 6. The molecule has 12 aromatic rings. The fourth-order valence-corrected chi connectivity index (χ4v) is 17.3. The van der Waals surface area contributed by atoms with Crippen molar-refractivity contribution in [3.63, 3.8) is 0 Å². The van der Waals surface area contributed by atoms with Gasteiger partial charge in [-0.25, -0.2) is 50.5 Å². The number of rotatable bonds is 27. The quantitative estimate of drug-likeness (QED) is 0.0186. The van der Waals surface area contributed by atoms with Gasteiger partial charge in [-0.1, -0.05) is 0 Å². The van der Waals surface area contributed by atoms with Crippen LogP contribution in [0.4, 0.5) is 0 Å². The molecule has 12 rings (SSSR count). The van der Waals surface area contributed by atoms with E-state index in [1.807, 2.05) is 0 Å². The zero-order valence-corrected chi connectivity index (χ0v) is 61.7. The third-order valence-electron chi connectivity index (χ3n) is 15.6. The molecule has 31 heteroatoms. The molecule has 7 N–H and O–H groups in total. The normalized spacial score (nSPS) is 11.7. The Balaban J connectivity index is 0.000000174. The molecule has 0 fully saturated rings. The van der Waals surface area contributed by atoms with Crippen molar-refractivity contribution in [1.82, 2.24) is 0 Å². The van der Waals surface area contributed by atoms with E-state index in [1.165, 1.54) is 291 Å². The van der Waals surface area contributed by atoms with E-state index < -0.39 is 65.1 Å². The molecule has 0 amide bonds. The molecular formula is C78H66O25S6. The van der Waals surface area contributed by atoms with Gasteiger partial charge in [0.1, 0.15) is 102 Å². The van der Waals surface area contributed by atoms with Gasteiger partial charge in [0.2, 0.25) is 65.8 Å². The predicted octanol–water partition coefficient (Wildman–Crippen LogP) is 12.0. The first-order valence-corrected chi connectivity index (χ1v) is 41.1. The highest BCUT2D eigenvalue weighted by Crippen LogP contribution is 2.32. The SMILES string of the molecule is O=S(=O)(c1ccc(O)cc1)c1ccc(OCC(O)COc2ccc(S(=O)(=O)c3ccc(O)cc3)cc2)cc1.O=S(=O)(c1ccc(O)cc1)c1ccc(OCCOc2ccc(S(=O)(=O)c3ccc(O)cc3)cc2)cc1.O=S(=O)(c1ccc(O)cc1)c1ccc(OCOc2ccc(S(=O)(=O)c3ccc(O)cc3)cc2)cc1. The van der Waals surface area contributed by atoms with E-state index in [0.717, 1.165) is 0 Å². The Kier molecular flexibility index (Phi) is 25.3. The number of benzene rings is 12. The van der Waals surface area contributed by atoms with Crippen LogP contribution in [-0.4, -0.2) is 126 Å². The lowest BCUT2D eigenvalue weighted by Gasteiger charge is -2.14. The minimum Gasteiger partial charge on any atom is -0.508 e. The number of aliphatic hydroxyl groups excluding tert-OH is 1. The maximum atomic E-state index is 12.7. The summed E-state index contributed by atoms with van der Waals surface area (Å²) in [5.74, 6) is 2.19. The number of aliphatic hydroxyl groups is 1. The van der Waals surface area contributed by atoms with Crippen LogP contribution in [0, 0.1) is 0 Å². The summed E-state index contributed by atoms with van der Waals surface area (Å²) in [6.45, 7) is -0.0852. The molecule has 564 valence electrons. The van der Waals surface area contributed by atoms with Crippen molar-refractivity contribution in [2.24, 2.45) is 0 Å². The number of hydrogen-bond donors (Lipinski definition) is 7. The van der Waals surface area contributed by atoms with Gasteiger partial charge >= 0.3 is 0 Å². The Morgan fingerprint density at radius 3 is 0.477 bits per heavy atom. The zero-order valence-electron chi connectivity index (χ0n) is 56.8. The highest BCUT2D eigenvalue weighted by Gasteiger charge is 2.24. The first kappa shape index (κ1) is 79.5. The van der Waals surface area contributed by atoms with Crippen molar-refractivity contribution in [3.8, 4) is 69.0 Å². The average Bonchev–Trinajstić information content (AvgIpc) is 0.837. The largest absolute Gasteiger partial charge is 0.508 e. The molecule has 0 aromatic heterocycles. The molecule has 0 unspecified atom stereocenters. The van der Waals surface area contributed by atoms with Gasteiger partial charge in [0.15, 0.2) is 0 Å². The third kappa shape index (κ3) is 20.5. The van der Waals surface area contributed by atoms with Crippen LogP contribution in [0.25, 0.3) is 0 Å². The lowest BCUT2D eigenvalue weighted by molar-refractivity contribution is 0.0626. The van der Waals surface area contributed by atoms with Gasteiger partial charge in [0.05, 0.1) is 58.7 Å². The molecule has 0 saturated heterocycles. The number of phenolic OH excluding ortho intramolecular Hbond substituents is 6. The minimum absolute atomic E-state index is 0.0185. The standard InChI is InChI=1S/C27H24O9S2.C26H22O8S2.C25H20O8S2/c28-19-1-9-24(10-2-19)37(31,32)26-13-5-22(6-14-26)35-17-21(30)18-36-23-7-15-27(16-8-23)38(33,34)25-11-3-20(29)4-12-25;27-19-1-9-23(10-2-19)35(29,30)25-13-5-21(6-14-25)33-17-18-34-22-7-15-26(16-8-22)36(31,32)24-11-3-20(28)4-12-24;26-18-1-9-22(10-2-18)34(28,29)24-13-5-20(6-14-24)32-17-33-21-7-15-25(16-8-21)35(30,31)23-11-3-19(27)4-12-23/h1-16,21,28-30H,17-18H2;1-16,27-28H,17-18H2;1-16,26-27H,17H2. The Hall–Kier alpha value is -12.1. The first-order valence-electron chi connectivity index (χ1n) is 32.2. The Labute approximate surface area is 627 Å². The van der Waals surface area contributed by atoms with Crippen molar-refractivity contribution < 1.29 is 115 Å². The summed E-state index contributed by atoms with van der Waals surface area (Å²) in [5.41, 5.74) is 0. The van der Waals surface area contributed by atoms with Crippen LogP contribution in [0.15, 0.2) is 350 Å². The van der Waals surface area contributed by atoms with Gasteiger partial charge in [-0.3, -0.25) is 0 Å². The molecule has 25 nitrogen and oxygen atoms in total. The van der Waals surface area contributed by atoms with Crippen molar-refractivity contribution in [1.29, 1.82) is 0 Å². The van der Waals surface area contributed by atoms with Gasteiger partial charge in [-0.2, -0.15) is 0 Å². The first-order chi connectivity index (χ1) is 51.9. The maximum absolute atomic E-state index is 12.7. The minimum atomic E-state index is -3.76. The number of hydrogen-bond acceptors (Lipinski definition) is 25. The number of aromatic hydroxyl groups is 6. The predicted molar refractivity (Wildman–Crippen MR) is 394 cm³/mol. The lowest BCUT2D eigenvalue weighted by atomic mass is 10.3. The van der Waals surface area contributed by atoms with Gasteiger partial charge in [-0.15, -0.1) is 0 Å². The lowest BCUT2D eigenvalue weighted by Crippen LogP contribution is -2.25. The summed E-state index contributed by atoms with van der Waals surface area (Å²) >= 11 is 0. The molecule has 0 bridgehead atoms. The van der Waals surface area contributed by atoms with E-state index in [2.05, 4.69) is 0 Å². The highest BCUT2D eigenvalue weighted by molar-refractivity contribution is 7.93. The van der Waals surface area contributed by atoms with Crippen LogP contribution in [0.2, 0.25) is 0 Å². The van der Waals surface area contributed by atoms with Gasteiger partial charge in [0.25, 0.3) is 0 Å². The van der Waals surface area contributed by atoms with Crippen molar-refractivity contribution >= 4 is 59.0 Å². The molecule has 0 atom stereocenters. The number of sulfone groups is 6. The topological polar surface area (TPSA) is 402 Å². The summed E-state index contributed by atoms with van der Waals surface area (Å²) in [4.78, 5) is 0.789. The van der Waals surface area contributed by atoms with Crippen LogP contribution in [0.1, 0.15) is 0 Å². The molecule has 0 aliphatic rings. The molecule has 0 aliphatic carbocycles. The van der Waals surface area contributed by atoms with E-state index in [0.29, 0.717) is 34.5 Å².